The summed E-state index contributed by atoms with van der Waals surface area (Å²) in [6, 6.07) is 5.66. The van der Waals surface area contributed by atoms with E-state index in [2.05, 4.69) is 6.92 Å². The quantitative estimate of drug-likeness (QED) is 0.896. The van der Waals surface area contributed by atoms with E-state index in [4.69, 9.17) is 9.47 Å². The van der Waals surface area contributed by atoms with Crippen molar-refractivity contribution >= 4 is 0 Å². The van der Waals surface area contributed by atoms with E-state index in [-0.39, 0.29) is 5.92 Å². The molecule has 0 bridgehead atoms. The van der Waals surface area contributed by atoms with Crippen LogP contribution in [0.2, 0.25) is 0 Å². The van der Waals surface area contributed by atoms with Crippen molar-refractivity contribution in [2.24, 2.45) is 5.92 Å². The van der Waals surface area contributed by atoms with E-state index in [9.17, 15) is 5.11 Å². The first-order valence-corrected chi connectivity index (χ1v) is 6.57. The molecule has 1 saturated carbocycles. The number of benzene rings is 1. The summed E-state index contributed by atoms with van der Waals surface area (Å²) in [6.45, 7) is 2.10. The second-order valence-corrected chi connectivity index (χ2v) is 5.11. The van der Waals surface area contributed by atoms with E-state index in [0.29, 0.717) is 11.5 Å². The molecule has 100 valence electrons. The molecule has 2 unspecified atom stereocenters. The average molecular weight is 250 g/mol. The molecular weight excluding hydrogens is 228 g/mol. The van der Waals surface area contributed by atoms with Gasteiger partial charge >= 0.3 is 0 Å². The molecule has 0 radical (unpaired) electrons. The molecule has 1 aliphatic carbocycles. The van der Waals surface area contributed by atoms with Gasteiger partial charge in [-0.3, -0.25) is 0 Å². The third-order valence-electron chi connectivity index (χ3n) is 4.12. The highest BCUT2D eigenvalue weighted by Crippen LogP contribution is 2.48. The van der Waals surface area contributed by atoms with Gasteiger partial charge in [0.25, 0.3) is 0 Å². The molecule has 1 aromatic rings. The fourth-order valence-electron chi connectivity index (χ4n) is 2.98. The molecule has 0 aromatic heterocycles. The van der Waals surface area contributed by atoms with Crippen LogP contribution in [0.5, 0.6) is 11.5 Å². The molecule has 18 heavy (non-hydrogen) atoms. The molecule has 0 heterocycles. The number of hydrogen-bond donors (Lipinski definition) is 1. The topological polar surface area (TPSA) is 38.7 Å². The Bertz CT molecular complexity index is 394. The van der Waals surface area contributed by atoms with E-state index in [0.717, 1.165) is 24.8 Å². The van der Waals surface area contributed by atoms with Crippen molar-refractivity contribution in [2.45, 2.75) is 38.2 Å². The molecule has 1 aliphatic rings. The fraction of sp³-hybridized carbons (Fsp3) is 0.600. The van der Waals surface area contributed by atoms with E-state index >= 15 is 0 Å². The van der Waals surface area contributed by atoms with Gasteiger partial charge in [-0.2, -0.15) is 0 Å². The van der Waals surface area contributed by atoms with Crippen LogP contribution in [-0.4, -0.2) is 19.3 Å². The minimum Gasteiger partial charge on any atom is -0.496 e. The highest BCUT2D eigenvalue weighted by molar-refractivity contribution is 5.49. The minimum absolute atomic E-state index is 0.219. The molecule has 0 aliphatic heterocycles. The Morgan fingerprint density at radius 2 is 1.78 bits per heavy atom. The van der Waals surface area contributed by atoms with Crippen LogP contribution in [0.25, 0.3) is 0 Å². The van der Waals surface area contributed by atoms with Crippen molar-refractivity contribution in [3.05, 3.63) is 23.8 Å². The number of rotatable bonds is 3. The van der Waals surface area contributed by atoms with Crippen molar-refractivity contribution in [3.63, 3.8) is 0 Å². The summed E-state index contributed by atoms with van der Waals surface area (Å²) in [6.07, 6.45) is 4.03. The summed E-state index contributed by atoms with van der Waals surface area (Å²) < 4.78 is 10.8. The lowest BCUT2D eigenvalue weighted by Crippen LogP contribution is -2.37. The molecule has 0 saturated heterocycles. The maximum Gasteiger partial charge on any atom is 0.128 e. The summed E-state index contributed by atoms with van der Waals surface area (Å²) in [5.74, 6) is 1.65. The first-order valence-electron chi connectivity index (χ1n) is 6.57. The van der Waals surface area contributed by atoms with Gasteiger partial charge in [-0.1, -0.05) is 25.8 Å². The molecule has 3 heteroatoms. The maximum absolute atomic E-state index is 11.1. The van der Waals surface area contributed by atoms with Gasteiger partial charge in [-0.25, -0.2) is 0 Å². The highest BCUT2D eigenvalue weighted by atomic mass is 16.5. The van der Waals surface area contributed by atoms with Crippen LogP contribution in [0.15, 0.2) is 18.2 Å². The first kappa shape index (κ1) is 13.2. The molecule has 2 rings (SSSR count). The molecule has 1 N–H and O–H groups in total. The predicted molar refractivity (Wildman–Crippen MR) is 71.1 cm³/mol. The minimum atomic E-state index is -0.837. The lowest BCUT2D eigenvalue weighted by Gasteiger charge is -2.39. The van der Waals surface area contributed by atoms with E-state index in [1.807, 2.05) is 18.2 Å². The van der Waals surface area contributed by atoms with Crippen LogP contribution in [0.4, 0.5) is 0 Å². The number of aliphatic hydroxyl groups is 1. The van der Waals surface area contributed by atoms with Gasteiger partial charge in [0.1, 0.15) is 11.5 Å². The number of methoxy groups -OCH3 is 2. The number of ether oxygens (including phenoxy) is 2. The van der Waals surface area contributed by atoms with Crippen molar-refractivity contribution < 1.29 is 14.6 Å². The van der Waals surface area contributed by atoms with Crippen molar-refractivity contribution in [3.8, 4) is 11.5 Å². The summed E-state index contributed by atoms with van der Waals surface area (Å²) in [5, 5.41) is 11.1. The standard InChI is InChI=1S/C15H22O3/c1-11-7-4-5-10-15(11,16)14-12(17-2)8-6-9-13(14)18-3/h6,8-9,11,16H,4-5,7,10H2,1-3H3. The molecule has 2 atom stereocenters. The average Bonchev–Trinajstić information content (AvgIpc) is 2.41. The highest BCUT2D eigenvalue weighted by Gasteiger charge is 2.41. The molecule has 0 amide bonds. The molecular formula is C15H22O3. The largest absolute Gasteiger partial charge is 0.496 e. The smallest absolute Gasteiger partial charge is 0.128 e. The molecule has 0 spiro atoms. The van der Waals surface area contributed by atoms with Gasteiger partial charge in [-0.05, 0) is 30.9 Å². The van der Waals surface area contributed by atoms with Crippen LogP contribution in [0.3, 0.4) is 0 Å². The predicted octanol–water partition coefficient (Wildman–Crippen LogP) is 3.10. The molecule has 3 nitrogen and oxygen atoms in total. The zero-order valence-corrected chi connectivity index (χ0v) is 11.4. The van der Waals surface area contributed by atoms with Gasteiger partial charge in [-0.15, -0.1) is 0 Å². The van der Waals surface area contributed by atoms with E-state index in [1.54, 1.807) is 14.2 Å². The Morgan fingerprint density at radius 1 is 1.17 bits per heavy atom. The van der Waals surface area contributed by atoms with Gasteiger partial charge in [0.15, 0.2) is 0 Å². The van der Waals surface area contributed by atoms with Crippen molar-refractivity contribution in [2.75, 3.05) is 14.2 Å². The van der Waals surface area contributed by atoms with Gasteiger partial charge in [0, 0.05) is 0 Å². The normalized spacial score (nSPS) is 27.9. The van der Waals surface area contributed by atoms with Crippen LogP contribution in [0.1, 0.15) is 38.2 Å². The Kier molecular flexibility index (Phi) is 3.81. The van der Waals surface area contributed by atoms with Gasteiger partial charge < -0.3 is 14.6 Å². The first-order chi connectivity index (χ1) is 8.63. The fourth-order valence-corrected chi connectivity index (χ4v) is 2.98. The van der Waals surface area contributed by atoms with Crippen LogP contribution < -0.4 is 9.47 Å². The maximum atomic E-state index is 11.1. The lowest BCUT2D eigenvalue weighted by molar-refractivity contribution is -0.0500. The van der Waals surface area contributed by atoms with Crippen molar-refractivity contribution in [1.29, 1.82) is 0 Å². The van der Waals surface area contributed by atoms with E-state index in [1.165, 1.54) is 6.42 Å². The Balaban J connectivity index is 2.53. The Labute approximate surface area is 109 Å². The van der Waals surface area contributed by atoms with Crippen LogP contribution in [-0.2, 0) is 5.60 Å². The van der Waals surface area contributed by atoms with Gasteiger partial charge in [0.2, 0.25) is 0 Å². The lowest BCUT2D eigenvalue weighted by atomic mass is 9.72. The van der Waals surface area contributed by atoms with Crippen LogP contribution >= 0.6 is 0 Å². The van der Waals surface area contributed by atoms with E-state index < -0.39 is 5.60 Å². The van der Waals surface area contributed by atoms with Gasteiger partial charge in [0.05, 0.1) is 25.4 Å². The van der Waals surface area contributed by atoms with Crippen LogP contribution in [0, 0.1) is 5.92 Å². The zero-order valence-electron chi connectivity index (χ0n) is 11.4. The second kappa shape index (κ2) is 5.19. The molecule has 1 aromatic carbocycles. The Morgan fingerprint density at radius 3 is 2.28 bits per heavy atom. The van der Waals surface area contributed by atoms with Crippen molar-refractivity contribution in [1.82, 2.24) is 0 Å². The SMILES string of the molecule is COc1cccc(OC)c1C1(O)CCCCC1C. The summed E-state index contributed by atoms with van der Waals surface area (Å²) in [7, 11) is 3.27. The zero-order chi connectivity index (χ0) is 13.2. The number of hydrogen-bond acceptors (Lipinski definition) is 3. The third-order valence-corrected chi connectivity index (χ3v) is 4.12. The molecule has 1 fully saturated rings. The monoisotopic (exact) mass is 250 g/mol. The summed E-state index contributed by atoms with van der Waals surface area (Å²) >= 11 is 0. The summed E-state index contributed by atoms with van der Waals surface area (Å²) in [4.78, 5) is 0. The third kappa shape index (κ3) is 2.07. The Hall–Kier alpha value is -1.22. The summed E-state index contributed by atoms with van der Waals surface area (Å²) in [5.41, 5.74) is -0.0295. The second-order valence-electron chi connectivity index (χ2n) is 5.11.